The van der Waals surface area contributed by atoms with E-state index >= 15 is 0 Å². The Labute approximate surface area is 132 Å². The predicted octanol–water partition coefficient (Wildman–Crippen LogP) is 1.26. The van der Waals surface area contributed by atoms with Gasteiger partial charge >= 0.3 is 0 Å². The largest absolute Gasteiger partial charge is 0.339 e. The van der Waals surface area contributed by atoms with Gasteiger partial charge in [-0.2, -0.15) is 0 Å². The average Bonchev–Trinajstić information content (AvgIpc) is 2.54. The molecule has 1 N–H and O–H groups in total. The van der Waals surface area contributed by atoms with E-state index < -0.39 is 10.0 Å². The Morgan fingerprint density at radius 2 is 2.14 bits per heavy atom. The lowest BCUT2D eigenvalue weighted by molar-refractivity contribution is 0.0691. The Morgan fingerprint density at radius 1 is 1.41 bits per heavy atom. The van der Waals surface area contributed by atoms with Crippen molar-refractivity contribution in [3.63, 3.8) is 0 Å². The number of amides is 1. The van der Waals surface area contributed by atoms with Gasteiger partial charge in [-0.05, 0) is 37.3 Å². The monoisotopic (exact) mass is 325 g/mol. The van der Waals surface area contributed by atoms with E-state index in [1.165, 1.54) is 0 Å². The molecule has 0 unspecified atom stereocenters. The summed E-state index contributed by atoms with van der Waals surface area (Å²) in [7, 11) is -3.14. The van der Waals surface area contributed by atoms with Crippen LogP contribution in [0.3, 0.4) is 0 Å². The van der Waals surface area contributed by atoms with E-state index in [9.17, 15) is 13.2 Å². The Balaban J connectivity index is 1.80. The molecule has 1 aliphatic rings. The van der Waals surface area contributed by atoms with Gasteiger partial charge in [0.05, 0.1) is 11.3 Å². The summed E-state index contributed by atoms with van der Waals surface area (Å²) in [5.41, 5.74) is 0.601. The van der Waals surface area contributed by atoms with E-state index in [1.807, 2.05) is 11.8 Å². The number of aromatic nitrogens is 1. The molecular weight excluding hydrogens is 302 g/mol. The van der Waals surface area contributed by atoms with Gasteiger partial charge in [-0.3, -0.25) is 9.78 Å². The van der Waals surface area contributed by atoms with E-state index in [-0.39, 0.29) is 11.7 Å². The van der Waals surface area contributed by atoms with E-state index in [0.717, 1.165) is 12.8 Å². The number of hydrogen-bond donors (Lipinski definition) is 1. The highest BCUT2D eigenvalue weighted by molar-refractivity contribution is 7.89. The molecule has 1 fully saturated rings. The van der Waals surface area contributed by atoms with Crippen molar-refractivity contribution >= 4 is 15.9 Å². The zero-order valence-electron chi connectivity index (χ0n) is 12.9. The van der Waals surface area contributed by atoms with Crippen LogP contribution in [0.5, 0.6) is 0 Å². The summed E-state index contributed by atoms with van der Waals surface area (Å²) in [4.78, 5) is 18.1. The number of rotatable bonds is 6. The number of piperidine rings is 1. The van der Waals surface area contributed by atoms with Gasteiger partial charge in [-0.25, -0.2) is 13.1 Å². The molecule has 1 aromatic heterocycles. The standard InChI is InChI=1S/C15H23N3O3S/c1-2-10-22(20,21)17-11-13-5-8-18(9-6-13)15(19)14-4-3-7-16-12-14/h3-4,7,12-13,17H,2,5-6,8-11H2,1H3. The van der Waals surface area contributed by atoms with Crippen LogP contribution < -0.4 is 4.72 Å². The molecule has 6 nitrogen and oxygen atoms in total. The van der Waals surface area contributed by atoms with Gasteiger partial charge in [-0.1, -0.05) is 6.92 Å². The van der Waals surface area contributed by atoms with Crippen molar-refractivity contribution in [2.24, 2.45) is 5.92 Å². The minimum atomic E-state index is -3.14. The second-order valence-electron chi connectivity index (χ2n) is 5.64. The van der Waals surface area contributed by atoms with Crippen LogP contribution in [0.25, 0.3) is 0 Å². The predicted molar refractivity (Wildman–Crippen MR) is 84.9 cm³/mol. The van der Waals surface area contributed by atoms with Crippen LogP contribution in [0, 0.1) is 5.92 Å². The molecule has 0 bridgehead atoms. The Hall–Kier alpha value is -1.47. The molecule has 0 atom stereocenters. The summed E-state index contributed by atoms with van der Waals surface area (Å²) >= 11 is 0. The fraction of sp³-hybridized carbons (Fsp3) is 0.600. The van der Waals surface area contributed by atoms with E-state index in [4.69, 9.17) is 0 Å². The average molecular weight is 325 g/mol. The maximum atomic E-state index is 12.3. The third-order valence-electron chi connectivity index (χ3n) is 3.88. The van der Waals surface area contributed by atoms with Gasteiger partial charge in [-0.15, -0.1) is 0 Å². The number of carbonyl (C=O) groups excluding carboxylic acids is 1. The molecule has 22 heavy (non-hydrogen) atoms. The zero-order valence-corrected chi connectivity index (χ0v) is 13.7. The molecule has 2 heterocycles. The van der Waals surface area contributed by atoms with Crippen molar-refractivity contribution in [2.45, 2.75) is 26.2 Å². The third kappa shape index (κ3) is 4.78. The van der Waals surface area contributed by atoms with E-state index in [0.29, 0.717) is 37.5 Å². The van der Waals surface area contributed by atoms with Crippen molar-refractivity contribution in [1.29, 1.82) is 0 Å². The molecule has 0 saturated carbocycles. The molecular formula is C15H23N3O3S. The summed E-state index contributed by atoms with van der Waals surface area (Å²) in [6.45, 7) is 3.64. The minimum absolute atomic E-state index is 0.00175. The second-order valence-corrected chi connectivity index (χ2v) is 7.57. The van der Waals surface area contributed by atoms with Crippen LogP contribution in [0.2, 0.25) is 0 Å². The summed E-state index contributed by atoms with van der Waals surface area (Å²) < 4.78 is 26.0. The lowest BCUT2D eigenvalue weighted by Gasteiger charge is -2.32. The maximum Gasteiger partial charge on any atom is 0.255 e. The quantitative estimate of drug-likeness (QED) is 0.854. The van der Waals surface area contributed by atoms with Crippen molar-refractivity contribution in [3.05, 3.63) is 30.1 Å². The maximum absolute atomic E-state index is 12.3. The van der Waals surface area contributed by atoms with Crippen molar-refractivity contribution < 1.29 is 13.2 Å². The summed E-state index contributed by atoms with van der Waals surface area (Å²) in [5, 5.41) is 0. The Bertz CT molecular complexity index is 581. The molecule has 1 aromatic rings. The van der Waals surface area contributed by atoms with Crippen LogP contribution in [0.1, 0.15) is 36.5 Å². The van der Waals surface area contributed by atoms with Gasteiger partial charge in [0.25, 0.3) is 5.91 Å². The van der Waals surface area contributed by atoms with Gasteiger partial charge in [0.1, 0.15) is 0 Å². The number of carbonyl (C=O) groups is 1. The van der Waals surface area contributed by atoms with Gasteiger partial charge < -0.3 is 4.90 Å². The summed E-state index contributed by atoms with van der Waals surface area (Å²) in [6, 6.07) is 3.52. The number of nitrogens with one attached hydrogen (secondary N) is 1. The number of nitrogens with zero attached hydrogens (tertiary/aromatic N) is 2. The van der Waals surface area contributed by atoms with E-state index in [2.05, 4.69) is 9.71 Å². The molecule has 0 aliphatic carbocycles. The van der Waals surface area contributed by atoms with Gasteiger partial charge in [0.2, 0.25) is 10.0 Å². The molecule has 0 radical (unpaired) electrons. The van der Waals surface area contributed by atoms with Crippen LogP contribution in [0.15, 0.2) is 24.5 Å². The van der Waals surface area contributed by atoms with E-state index in [1.54, 1.807) is 24.5 Å². The van der Waals surface area contributed by atoms with Crippen molar-refractivity contribution in [2.75, 3.05) is 25.4 Å². The minimum Gasteiger partial charge on any atom is -0.339 e. The SMILES string of the molecule is CCCS(=O)(=O)NCC1CCN(C(=O)c2cccnc2)CC1. The smallest absolute Gasteiger partial charge is 0.255 e. The molecule has 122 valence electrons. The van der Waals surface area contributed by atoms with Crippen LogP contribution in [-0.2, 0) is 10.0 Å². The highest BCUT2D eigenvalue weighted by atomic mass is 32.2. The first kappa shape index (κ1) is 16.9. The van der Waals surface area contributed by atoms with Crippen LogP contribution >= 0.6 is 0 Å². The molecule has 1 aliphatic heterocycles. The lowest BCUT2D eigenvalue weighted by atomic mass is 9.97. The summed E-state index contributed by atoms with van der Waals surface area (Å²) in [5.74, 6) is 0.466. The first-order valence-electron chi connectivity index (χ1n) is 7.68. The fourth-order valence-electron chi connectivity index (χ4n) is 2.60. The molecule has 0 aromatic carbocycles. The topological polar surface area (TPSA) is 79.4 Å². The highest BCUT2D eigenvalue weighted by Crippen LogP contribution is 2.18. The van der Waals surface area contributed by atoms with Crippen molar-refractivity contribution in [3.8, 4) is 0 Å². The fourth-order valence-corrected chi connectivity index (χ4v) is 3.77. The number of sulfonamides is 1. The Kier molecular flexibility index (Phi) is 5.90. The highest BCUT2D eigenvalue weighted by Gasteiger charge is 2.24. The zero-order chi connectivity index (χ0) is 16.0. The molecule has 1 saturated heterocycles. The Morgan fingerprint density at radius 3 is 2.73 bits per heavy atom. The molecule has 0 spiro atoms. The van der Waals surface area contributed by atoms with Crippen LogP contribution in [-0.4, -0.2) is 49.6 Å². The van der Waals surface area contributed by atoms with Gasteiger partial charge in [0.15, 0.2) is 0 Å². The first-order valence-corrected chi connectivity index (χ1v) is 9.33. The van der Waals surface area contributed by atoms with Gasteiger partial charge in [0, 0.05) is 32.0 Å². The third-order valence-corrected chi connectivity index (χ3v) is 5.43. The first-order chi connectivity index (χ1) is 10.5. The second kappa shape index (κ2) is 7.69. The number of pyridine rings is 1. The molecule has 7 heteroatoms. The number of likely N-dealkylation sites (tertiary alicyclic amines) is 1. The lowest BCUT2D eigenvalue weighted by Crippen LogP contribution is -2.41. The van der Waals surface area contributed by atoms with Crippen LogP contribution in [0.4, 0.5) is 0 Å². The number of hydrogen-bond acceptors (Lipinski definition) is 4. The van der Waals surface area contributed by atoms with Crippen molar-refractivity contribution in [1.82, 2.24) is 14.6 Å². The molecule has 2 rings (SSSR count). The molecule has 1 amide bonds. The summed E-state index contributed by atoms with van der Waals surface area (Å²) in [6.07, 6.45) is 5.48. The normalized spacial score (nSPS) is 16.7.